The summed E-state index contributed by atoms with van der Waals surface area (Å²) in [5.41, 5.74) is 1.12. The van der Waals surface area contributed by atoms with Crippen LogP contribution in [0.3, 0.4) is 0 Å². The van der Waals surface area contributed by atoms with Gasteiger partial charge in [-0.05, 0) is 45.4 Å². The molecule has 1 aromatic heterocycles. The first-order valence-corrected chi connectivity index (χ1v) is 12.4. The molecule has 2 aromatic rings. The molecule has 0 N–H and O–H groups in total. The van der Waals surface area contributed by atoms with Gasteiger partial charge in [0.2, 0.25) is 5.91 Å². The molecular weight excluding hydrogens is 494 g/mol. The fourth-order valence-electron chi connectivity index (χ4n) is 4.01. The van der Waals surface area contributed by atoms with E-state index in [2.05, 4.69) is 11.8 Å². The van der Waals surface area contributed by atoms with E-state index in [1.54, 1.807) is 46.0 Å². The number of likely N-dealkylation sites (N-methyl/N-ethyl adjacent to an activating group) is 1. The summed E-state index contributed by atoms with van der Waals surface area (Å²) >= 11 is 0. The maximum Gasteiger partial charge on any atom is 0.332 e. The standard InChI is InChI=1S/C27H35N3O8/c1-27(2,3)38-24(32)18-37-16-15-36-14-13-35-12-6-7-19-8-9-20-22(17-19)28(4)26(34)30(20)21-10-11-23(31)29(5)25(21)33/h8-9,17,21H,10-16,18H2,1-5H3. The van der Waals surface area contributed by atoms with Crippen LogP contribution in [0.5, 0.6) is 0 Å². The molecule has 1 aliphatic rings. The Morgan fingerprint density at radius 3 is 2.39 bits per heavy atom. The molecule has 1 saturated heterocycles. The highest BCUT2D eigenvalue weighted by molar-refractivity contribution is 5.99. The molecule has 11 heteroatoms. The number of carbonyl (C=O) groups excluding carboxylic acids is 3. The fraction of sp³-hybridized carbons (Fsp3) is 0.556. The topological polar surface area (TPSA) is 118 Å². The van der Waals surface area contributed by atoms with Gasteiger partial charge in [0.15, 0.2) is 0 Å². The van der Waals surface area contributed by atoms with Crippen molar-refractivity contribution in [2.75, 3.05) is 46.7 Å². The fourth-order valence-corrected chi connectivity index (χ4v) is 4.01. The molecule has 2 heterocycles. The lowest BCUT2D eigenvalue weighted by Crippen LogP contribution is -2.45. The van der Waals surface area contributed by atoms with Crippen molar-refractivity contribution >= 4 is 28.8 Å². The third-order valence-electron chi connectivity index (χ3n) is 5.81. The largest absolute Gasteiger partial charge is 0.458 e. The Hall–Kier alpha value is -3.46. The number of aryl methyl sites for hydroxylation is 1. The number of amides is 2. The molecule has 1 aromatic carbocycles. The second-order valence-corrected chi connectivity index (χ2v) is 9.87. The van der Waals surface area contributed by atoms with E-state index in [0.29, 0.717) is 42.8 Å². The smallest absolute Gasteiger partial charge is 0.332 e. The zero-order valence-corrected chi connectivity index (χ0v) is 22.6. The van der Waals surface area contributed by atoms with Crippen molar-refractivity contribution in [1.82, 2.24) is 14.0 Å². The third kappa shape index (κ3) is 7.54. The number of imide groups is 1. The van der Waals surface area contributed by atoms with Gasteiger partial charge in [-0.15, -0.1) is 0 Å². The highest BCUT2D eigenvalue weighted by Gasteiger charge is 2.35. The van der Waals surface area contributed by atoms with Crippen molar-refractivity contribution in [1.29, 1.82) is 0 Å². The van der Waals surface area contributed by atoms with Crippen LogP contribution >= 0.6 is 0 Å². The van der Waals surface area contributed by atoms with Crippen LogP contribution in [0.2, 0.25) is 0 Å². The monoisotopic (exact) mass is 529 g/mol. The number of aromatic nitrogens is 2. The molecule has 38 heavy (non-hydrogen) atoms. The predicted octanol–water partition coefficient (Wildman–Crippen LogP) is 1.40. The summed E-state index contributed by atoms with van der Waals surface area (Å²) in [4.78, 5) is 50.0. The van der Waals surface area contributed by atoms with E-state index in [1.165, 1.54) is 16.2 Å². The lowest BCUT2D eigenvalue weighted by atomic mass is 10.0. The van der Waals surface area contributed by atoms with E-state index in [-0.39, 0.29) is 43.7 Å². The van der Waals surface area contributed by atoms with Gasteiger partial charge in [-0.2, -0.15) is 0 Å². The normalized spacial score (nSPS) is 16.0. The molecule has 3 rings (SSSR count). The highest BCUT2D eigenvalue weighted by atomic mass is 16.6. The van der Waals surface area contributed by atoms with Gasteiger partial charge in [0, 0.05) is 26.1 Å². The van der Waals surface area contributed by atoms with Crippen molar-refractivity contribution < 1.29 is 33.3 Å². The Morgan fingerprint density at radius 2 is 1.68 bits per heavy atom. The summed E-state index contributed by atoms with van der Waals surface area (Å²) in [7, 11) is 3.09. The maximum atomic E-state index is 12.9. The van der Waals surface area contributed by atoms with Gasteiger partial charge in [-0.3, -0.25) is 23.6 Å². The first-order chi connectivity index (χ1) is 18.0. The summed E-state index contributed by atoms with van der Waals surface area (Å²) in [5, 5.41) is 0. The van der Waals surface area contributed by atoms with Crippen LogP contribution in [-0.4, -0.2) is 84.1 Å². The van der Waals surface area contributed by atoms with Crippen LogP contribution < -0.4 is 5.69 Å². The minimum atomic E-state index is -0.710. The van der Waals surface area contributed by atoms with Crippen LogP contribution in [0, 0.1) is 11.8 Å². The summed E-state index contributed by atoms with van der Waals surface area (Å²) in [6.07, 6.45) is 0.509. The molecule has 1 unspecified atom stereocenters. The second-order valence-electron chi connectivity index (χ2n) is 9.87. The lowest BCUT2D eigenvalue weighted by Gasteiger charge is -2.28. The Labute approximate surface area is 221 Å². The van der Waals surface area contributed by atoms with Crippen LogP contribution in [-0.2, 0) is 40.4 Å². The number of rotatable bonds is 10. The number of nitrogens with zero attached hydrogens (tertiary/aromatic N) is 3. The van der Waals surface area contributed by atoms with Gasteiger partial charge in [0.25, 0.3) is 5.91 Å². The van der Waals surface area contributed by atoms with Crippen molar-refractivity contribution in [2.45, 2.75) is 45.3 Å². The Kier molecular flexibility index (Phi) is 9.85. The number of likely N-dealkylation sites (tertiary alicyclic amines) is 1. The summed E-state index contributed by atoms with van der Waals surface area (Å²) in [6.45, 7) is 6.79. The molecule has 11 nitrogen and oxygen atoms in total. The molecule has 2 amide bonds. The van der Waals surface area contributed by atoms with Crippen LogP contribution in [0.1, 0.15) is 45.2 Å². The summed E-state index contributed by atoms with van der Waals surface area (Å²) in [5.74, 6) is 4.91. The number of ether oxygens (including phenoxy) is 4. The van der Waals surface area contributed by atoms with Crippen LogP contribution in [0.4, 0.5) is 0 Å². The highest BCUT2D eigenvalue weighted by Crippen LogP contribution is 2.26. The molecule has 1 atom stereocenters. The molecule has 1 aliphatic heterocycles. The zero-order valence-electron chi connectivity index (χ0n) is 22.6. The number of esters is 1. The Bertz CT molecular complexity index is 1290. The number of hydrogen-bond donors (Lipinski definition) is 0. The average Bonchev–Trinajstić information content (AvgIpc) is 3.09. The van der Waals surface area contributed by atoms with E-state index in [4.69, 9.17) is 18.9 Å². The molecule has 1 fully saturated rings. The van der Waals surface area contributed by atoms with E-state index in [1.807, 2.05) is 0 Å². The molecule has 0 radical (unpaired) electrons. The van der Waals surface area contributed by atoms with Crippen molar-refractivity contribution in [3.8, 4) is 11.8 Å². The van der Waals surface area contributed by atoms with Gasteiger partial charge in [0.05, 0.1) is 37.5 Å². The molecule has 0 saturated carbocycles. The van der Waals surface area contributed by atoms with E-state index in [9.17, 15) is 19.2 Å². The minimum Gasteiger partial charge on any atom is -0.458 e. The number of carbonyl (C=O) groups is 3. The first kappa shape index (κ1) is 29.1. The van der Waals surface area contributed by atoms with E-state index >= 15 is 0 Å². The number of hydrogen-bond acceptors (Lipinski definition) is 8. The molecular formula is C27H35N3O8. The Morgan fingerprint density at radius 1 is 1.00 bits per heavy atom. The number of fused-ring (bicyclic) bond motifs is 1. The van der Waals surface area contributed by atoms with Crippen molar-refractivity contribution in [3.63, 3.8) is 0 Å². The predicted molar refractivity (Wildman–Crippen MR) is 138 cm³/mol. The van der Waals surface area contributed by atoms with Crippen LogP contribution in [0.25, 0.3) is 11.0 Å². The maximum absolute atomic E-state index is 12.9. The molecule has 0 spiro atoms. The van der Waals surface area contributed by atoms with Gasteiger partial charge >= 0.3 is 11.7 Å². The molecule has 0 bridgehead atoms. The zero-order chi connectivity index (χ0) is 27.9. The third-order valence-corrected chi connectivity index (χ3v) is 5.81. The van der Waals surface area contributed by atoms with E-state index < -0.39 is 17.6 Å². The number of piperidine rings is 1. The van der Waals surface area contributed by atoms with Gasteiger partial charge in [-0.1, -0.05) is 11.8 Å². The Balaban J connectivity index is 1.44. The van der Waals surface area contributed by atoms with Gasteiger partial charge in [0.1, 0.15) is 24.9 Å². The second kappa shape index (κ2) is 12.9. The van der Waals surface area contributed by atoms with Crippen molar-refractivity contribution in [3.05, 3.63) is 34.2 Å². The lowest BCUT2D eigenvalue weighted by molar-refractivity contribution is -0.160. The van der Waals surface area contributed by atoms with Gasteiger partial charge < -0.3 is 18.9 Å². The summed E-state index contributed by atoms with van der Waals surface area (Å²) < 4.78 is 24.2. The molecule has 0 aliphatic carbocycles. The molecule has 206 valence electrons. The summed E-state index contributed by atoms with van der Waals surface area (Å²) in [6, 6.07) is 4.64. The number of imidazole rings is 1. The average molecular weight is 530 g/mol. The first-order valence-electron chi connectivity index (χ1n) is 12.4. The number of benzene rings is 1. The minimum absolute atomic E-state index is 0.117. The van der Waals surface area contributed by atoms with E-state index in [0.717, 1.165) is 4.90 Å². The quantitative estimate of drug-likeness (QED) is 0.196. The van der Waals surface area contributed by atoms with Crippen molar-refractivity contribution in [2.24, 2.45) is 7.05 Å². The van der Waals surface area contributed by atoms with Crippen LogP contribution in [0.15, 0.2) is 23.0 Å². The van der Waals surface area contributed by atoms with Gasteiger partial charge in [-0.25, -0.2) is 9.59 Å². The SMILES string of the molecule is CN1C(=O)CCC(n2c(=O)n(C)c3cc(C#CCOCCOCCOCC(=O)OC(C)(C)C)ccc32)C1=O.